The average Bonchev–Trinajstić information content (AvgIpc) is 3.18. The fraction of sp³-hybridized carbons (Fsp3) is 0.740. The quantitative estimate of drug-likeness (QED) is 0.0262. The summed E-state index contributed by atoms with van der Waals surface area (Å²) in [6.45, 7) is 4.49. The monoisotopic (exact) mass is 814 g/mol. The Morgan fingerprint density at radius 2 is 0.966 bits per heavy atom. The summed E-state index contributed by atoms with van der Waals surface area (Å²) in [5.74, 6) is -1.80. The number of quaternary nitrogens is 1. The van der Waals surface area contributed by atoms with E-state index in [0.29, 0.717) is 19.3 Å². The molecule has 0 rings (SSSR count). The summed E-state index contributed by atoms with van der Waals surface area (Å²) < 4.78 is 17.1. The van der Waals surface area contributed by atoms with Gasteiger partial charge < -0.3 is 28.6 Å². The van der Waals surface area contributed by atoms with E-state index in [2.05, 4.69) is 74.6 Å². The molecule has 2 atom stereocenters. The SMILES string of the molecule is CC/C=C/C/C=C/C/C=C/CCCCC(=O)OCC(COCCC(C(=O)[O-])[N+](C)(C)C)OC(=O)CCCCCCCCC/C=C/C/C=C/CCCCCCCCCC. The number of aliphatic carboxylic acids is 1. The molecule has 0 fully saturated rings. The molecular weight excluding hydrogens is 727 g/mol. The molecule has 0 saturated heterocycles. The zero-order chi connectivity index (χ0) is 42.8. The van der Waals surface area contributed by atoms with Crippen molar-refractivity contribution in [2.24, 2.45) is 0 Å². The number of nitrogens with zero attached hydrogens (tertiary/aromatic N) is 1. The van der Waals surface area contributed by atoms with Crippen LogP contribution >= 0.6 is 0 Å². The van der Waals surface area contributed by atoms with Gasteiger partial charge in [-0.15, -0.1) is 0 Å². The van der Waals surface area contributed by atoms with Crippen molar-refractivity contribution in [3.05, 3.63) is 60.8 Å². The first-order valence-corrected chi connectivity index (χ1v) is 23.3. The predicted molar refractivity (Wildman–Crippen MR) is 240 cm³/mol. The summed E-state index contributed by atoms with van der Waals surface area (Å²) in [7, 11) is 5.39. The van der Waals surface area contributed by atoms with Crippen LogP contribution in [0.3, 0.4) is 0 Å². The maximum absolute atomic E-state index is 12.7. The van der Waals surface area contributed by atoms with Gasteiger partial charge in [0.05, 0.1) is 40.3 Å². The number of hydrogen-bond acceptors (Lipinski definition) is 7. The molecule has 0 amide bonds. The Hall–Kier alpha value is -2.97. The van der Waals surface area contributed by atoms with Crippen molar-refractivity contribution in [2.75, 3.05) is 41.0 Å². The number of allylic oxidation sites excluding steroid dienone is 10. The molecule has 0 radical (unpaired) electrons. The van der Waals surface area contributed by atoms with Crippen LogP contribution in [0.15, 0.2) is 60.8 Å². The van der Waals surface area contributed by atoms with Gasteiger partial charge in [-0.05, 0) is 77.0 Å². The predicted octanol–water partition coefficient (Wildman–Crippen LogP) is 11.6. The van der Waals surface area contributed by atoms with Gasteiger partial charge in [-0.25, -0.2) is 0 Å². The number of carbonyl (C=O) groups excluding carboxylic acids is 3. The highest BCUT2D eigenvalue weighted by Crippen LogP contribution is 2.13. The number of likely N-dealkylation sites (N-methyl/N-ethyl adjacent to an activating group) is 1. The zero-order valence-electron chi connectivity index (χ0n) is 37.9. The Morgan fingerprint density at radius 3 is 1.47 bits per heavy atom. The lowest BCUT2D eigenvalue weighted by molar-refractivity contribution is -0.889. The summed E-state index contributed by atoms with van der Waals surface area (Å²) >= 11 is 0. The molecule has 2 unspecified atom stereocenters. The Morgan fingerprint density at radius 1 is 0.534 bits per heavy atom. The molecule has 0 aliphatic carbocycles. The van der Waals surface area contributed by atoms with Crippen LogP contribution in [-0.4, -0.2) is 75.5 Å². The smallest absolute Gasteiger partial charge is 0.306 e. The first-order chi connectivity index (χ1) is 28.1. The third-order valence-corrected chi connectivity index (χ3v) is 10.1. The molecule has 0 saturated carbocycles. The molecule has 0 aromatic rings. The summed E-state index contributed by atoms with van der Waals surface area (Å²) in [6.07, 6.45) is 49.7. The maximum atomic E-state index is 12.7. The Balaban J connectivity index is 4.31. The van der Waals surface area contributed by atoms with Crippen LogP contribution in [0.2, 0.25) is 0 Å². The second-order valence-corrected chi connectivity index (χ2v) is 16.6. The van der Waals surface area contributed by atoms with E-state index < -0.39 is 18.1 Å². The summed E-state index contributed by atoms with van der Waals surface area (Å²) in [5, 5.41) is 11.6. The van der Waals surface area contributed by atoms with Gasteiger partial charge in [0.15, 0.2) is 6.10 Å². The minimum atomic E-state index is -1.13. The van der Waals surface area contributed by atoms with Crippen LogP contribution in [0, 0.1) is 0 Å². The minimum Gasteiger partial charge on any atom is -0.544 e. The van der Waals surface area contributed by atoms with Crippen molar-refractivity contribution in [1.82, 2.24) is 0 Å². The van der Waals surface area contributed by atoms with E-state index in [4.69, 9.17) is 14.2 Å². The zero-order valence-corrected chi connectivity index (χ0v) is 37.9. The molecule has 0 heterocycles. The van der Waals surface area contributed by atoms with Crippen molar-refractivity contribution < 1.29 is 38.2 Å². The van der Waals surface area contributed by atoms with E-state index in [1.165, 1.54) is 77.0 Å². The van der Waals surface area contributed by atoms with Gasteiger partial charge in [0.25, 0.3) is 0 Å². The van der Waals surface area contributed by atoms with E-state index >= 15 is 0 Å². The van der Waals surface area contributed by atoms with Crippen molar-refractivity contribution in [1.29, 1.82) is 0 Å². The number of carboxylic acid groups (broad SMARTS) is 1. The Kier molecular flexibility index (Phi) is 38.7. The molecule has 0 bridgehead atoms. The third-order valence-electron chi connectivity index (χ3n) is 10.1. The largest absolute Gasteiger partial charge is 0.544 e. The van der Waals surface area contributed by atoms with Crippen LogP contribution in [0.1, 0.15) is 187 Å². The van der Waals surface area contributed by atoms with Gasteiger partial charge in [0, 0.05) is 19.3 Å². The molecule has 0 N–H and O–H groups in total. The summed E-state index contributed by atoms with van der Waals surface area (Å²) in [6, 6.07) is -0.735. The number of esters is 2. The molecule has 8 heteroatoms. The second-order valence-electron chi connectivity index (χ2n) is 16.6. The summed E-state index contributed by atoms with van der Waals surface area (Å²) in [5.41, 5.74) is 0. The lowest BCUT2D eigenvalue weighted by atomic mass is 10.1. The number of carbonyl (C=O) groups is 3. The molecule has 0 aliphatic heterocycles. The molecule has 0 aliphatic rings. The molecule has 334 valence electrons. The van der Waals surface area contributed by atoms with Crippen LogP contribution in [0.5, 0.6) is 0 Å². The molecule has 0 spiro atoms. The van der Waals surface area contributed by atoms with Crippen LogP contribution < -0.4 is 5.11 Å². The highest BCUT2D eigenvalue weighted by atomic mass is 16.6. The first kappa shape index (κ1) is 55.0. The molecular formula is C50H87NO7. The van der Waals surface area contributed by atoms with Crippen LogP contribution in [-0.2, 0) is 28.6 Å². The number of carboxylic acids is 1. The van der Waals surface area contributed by atoms with Gasteiger partial charge in [-0.1, -0.05) is 152 Å². The number of ether oxygens (including phenoxy) is 3. The highest BCUT2D eigenvalue weighted by Gasteiger charge is 2.25. The van der Waals surface area contributed by atoms with Crippen molar-refractivity contribution >= 4 is 17.9 Å². The van der Waals surface area contributed by atoms with Gasteiger partial charge >= 0.3 is 11.9 Å². The average molecular weight is 814 g/mol. The lowest BCUT2D eigenvalue weighted by Gasteiger charge is -2.34. The fourth-order valence-electron chi connectivity index (χ4n) is 6.53. The van der Waals surface area contributed by atoms with Gasteiger partial charge in [0.1, 0.15) is 12.6 Å². The second kappa shape index (κ2) is 40.8. The number of unbranched alkanes of at least 4 members (excludes halogenated alkanes) is 17. The number of hydrogen-bond donors (Lipinski definition) is 0. The molecule has 0 aromatic heterocycles. The van der Waals surface area contributed by atoms with E-state index in [9.17, 15) is 19.5 Å². The summed E-state index contributed by atoms with van der Waals surface area (Å²) in [4.78, 5) is 36.8. The maximum Gasteiger partial charge on any atom is 0.306 e. The number of rotatable bonds is 41. The Bertz CT molecular complexity index is 1130. The van der Waals surface area contributed by atoms with Crippen LogP contribution in [0.4, 0.5) is 0 Å². The van der Waals surface area contributed by atoms with E-state index in [0.717, 1.165) is 70.6 Å². The van der Waals surface area contributed by atoms with Crippen molar-refractivity contribution in [2.45, 2.75) is 199 Å². The fourth-order valence-corrected chi connectivity index (χ4v) is 6.53. The van der Waals surface area contributed by atoms with E-state index in [-0.39, 0.29) is 42.7 Å². The van der Waals surface area contributed by atoms with Crippen LogP contribution in [0.25, 0.3) is 0 Å². The van der Waals surface area contributed by atoms with E-state index in [1.807, 2.05) is 0 Å². The van der Waals surface area contributed by atoms with E-state index in [1.54, 1.807) is 21.1 Å². The Labute approximate surface area is 356 Å². The van der Waals surface area contributed by atoms with Crippen molar-refractivity contribution in [3.63, 3.8) is 0 Å². The molecule has 58 heavy (non-hydrogen) atoms. The first-order valence-electron chi connectivity index (χ1n) is 23.3. The third kappa shape index (κ3) is 38.5. The minimum absolute atomic E-state index is 0.0231. The van der Waals surface area contributed by atoms with Gasteiger partial charge in [-0.3, -0.25) is 9.59 Å². The standard InChI is InChI=1S/C50H87NO7/c1-6-8-10-12-14-16-18-20-21-22-23-24-25-26-27-28-29-31-33-35-37-39-41-49(53)58-46(44-56-43-42-47(50(54)55)51(3,4)5)45-57-48(52)40-38-36-34-32-30-19-17-15-13-11-9-7-2/h9,11,15,17,22-23,25-26,30,32,46-47H,6-8,10,12-14,16,18-21,24,27-29,31,33-45H2,1-5H3/b11-9+,17-15+,23-22+,26-25+,32-30+. The highest BCUT2D eigenvalue weighted by molar-refractivity contribution is 5.70. The van der Waals surface area contributed by atoms with Gasteiger partial charge in [0.2, 0.25) is 0 Å². The van der Waals surface area contributed by atoms with Crippen molar-refractivity contribution in [3.8, 4) is 0 Å². The molecule has 0 aromatic carbocycles. The topological polar surface area (TPSA) is 102 Å². The van der Waals surface area contributed by atoms with Gasteiger partial charge in [-0.2, -0.15) is 0 Å². The normalized spacial score (nSPS) is 13.5. The lowest BCUT2D eigenvalue weighted by Crippen LogP contribution is -2.55. The molecule has 8 nitrogen and oxygen atoms in total.